The fourth-order valence-corrected chi connectivity index (χ4v) is 2.60. The smallest absolute Gasteiger partial charge is 0.258 e. The first-order valence-corrected chi connectivity index (χ1v) is 8.53. The van der Waals surface area contributed by atoms with Crippen molar-refractivity contribution in [2.75, 3.05) is 12.4 Å². The van der Waals surface area contributed by atoms with Gasteiger partial charge in [-0.1, -0.05) is 5.16 Å². The molecule has 7 nitrogen and oxygen atoms in total. The summed E-state index contributed by atoms with van der Waals surface area (Å²) in [6.07, 6.45) is 3.16. The zero-order valence-corrected chi connectivity index (χ0v) is 15.0. The summed E-state index contributed by atoms with van der Waals surface area (Å²) in [5.74, 6) is 1.45. The molecule has 0 atom stereocenters. The summed E-state index contributed by atoms with van der Waals surface area (Å²) < 4.78 is 10.5. The van der Waals surface area contributed by atoms with E-state index < -0.39 is 0 Å². The van der Waals surface area contributed by atoms with Crippen molar-refractivity contribution < 1.29 is 14.1 Å². The van der Waals surface area contributed by atoms with Crippen molar-refractivity contribution in [1.29, 1.82) is 0 Å². The Bertz CT molecular complexity index is 1070. The van der Waals surface area contributed by atoms with Crippen molar-refractivity contribution >= 4 is 11.6 Å². The first kappa shape index (κ1) is 17.4. The van der Waals surface area contributed by atoms with E-state index in [1.54, 1.807) is 43.8 Å². The molecule has 0 saturated carbocycles. The van der Waals surface area contributed by atoms with E-state index in [0.29, 0.717) is 23.0 Å². The van der Waals surface area contributed by atoms with Gasteiger partial charge in [-0.25, -0.2) is 0 Å². The molecule has 138 valence electrons. The first-order valence-electron chi connectivity index (χ1n) is 8.53. The van der Waals surface area contributed by atoms with E-state index in [0.717, 1.165) is 16.9 Å². The molecule has 1 N–H and O–H groups in total. The summed E-state index contributed by atoms with van der Waals surface area (Å²) in [6.45, 7) is 0. The van der Waals surface area contributed by atoms with E-state index in [-0.39, 0.29) is 5.91 Å². The number of methoxy groups -OCH3 is 1. The summed E-state index contributed by atoms with van der Waals surface area (Å²) in [4.78, 5) is 20.5. The number of ether oxygens (including phenoxy) is 1. The SMILES string of the molecule is COc1ccc(-c2nc(-c3ccc(NC(=O)c4ccncc4)cc3)no2)cc1. The Labute approximate surface area is 161 Å². The standard InChI is InChI=1S/C21H16N4O3/c1-27-18-8-4-16(5-9-18)21-24-19(25-28-21)14-2-6-17(7-3-14)23-20(26)15-10-12-22-13-11-15/h2-13H,1H3,(H,23,26). The lowest BCUT2D eigenvalue weighted by Gasteiger charge is -2.05. The predicted molar refractivity (Wildman–Crippen MR) is 104 cm³/mol. The van der Waals surface area contributed by atoms with Crippen molar-refractivity contribution in [1.82, 2.24) is 15.1 Å². The molecule has 1 amide bonds. The number of hydrogen-bond donors (Lipinski definition) is 1. The largest absolute Gasteiger partial charge is 0.497 e. The van der Waals surface area contributed by atoms with Gasteiger partial charge >= 0.3 is 0 Å². The molecule has 2 aromatic carbocycles. The zero-order chi connectivity index (χ0) is 19.3. The summed E-state index contributed by atoms with van der Waals surface area (Å²) in [7, 11) is 1.61. The van der Waals surface area contributed by atoms with Gasteiger partial charge in [0.15, 0.2) is 0 Å². The van der Waals surface area contributed by atoms with Gasteiger partial charge in [-0.05, 0) is 60.7 Å². The fourth-order valence-electron chi connectivity index (χ4n) is 2.60. The van der Waals surface area contributed by atoms with Crippen LogP contribution in [0.25, 0.3) is 22.8 Å². The van der Waals surface area contributed by atoms with Crippen molar-refractivity contribution in [3.63, 3.8) is 0 Å². The highest BCUT2D eigenvalue weighted by Gasteiger charge is 2.11. The number of aromatic nitrogens is 3. The molecule has 0 saturated heterocycles. The number of pyridine rings is 1. The monoisotopic (exact) mass is 372 g/mol. The van der Waals surface area contributed by atoms with E-state index in [2.05, 4.69) is 20.4 Å². The zero-order valence-electron chi connectivity index (χ0n) is 15.0. The second-order valence-electron chi connectivity index (χ2n) is 5.92. The van der Waals surface area contributed by atoms with Crippen LogP contribution in [-0.4, -0.2) is 28.1 Å². The molecule has 0 spiro atoms. The van der Waals surface area contributed by atoms with Gasteiger partial charge < -0.3 is 14.6 Å². The maximum Gasteiger partial charge on any atom is 0.258 e. The summed E-state index contributed by atoms with van der Waals surface area (Å²) in [6, 6.07) is 17.9. The molecule has 28 heavy (non-hydrogen) atoms. The lowest BCUT2D eigenvalue weighted by atomic mass is 10.2. The van der Waals surface area contributed by atoms with Crippen LogP contribution in [0.5, 0.6) is 5.75 Å². The Morgan fingerprint density at radius 3 is 2.29 bits per heavy atom. The van der Waals surface area contributed by atoms with Gasteiger partial charge in [0.05, 0.1) is 7.11 Å². The van der Waals surface area contributed by atoms with Crippen molar-refractivity contribution in [2.24, 2.45) is 0 Å². The first-order chi connectivity index (χ1) is 13.7. The molecule has 0 aliphatic heterocycles. The second-order valence-corrected chi connectivity index (χ2v) is 5.92. The summed E-state index contributed by atoms with van der Waals surface area (Å²) in [5.41, 5.74) is 2.80. The summed E-state index contributed by atoms with van der Waals surface area (Å²) >= 11 is 0. The van der Waals surface area contributed by atoms with Gasteiger partial charge in [0.25, 0.3) is 11.8 Å². The van der Waals surface area contributed by atoms with Gasteiger partial charge in [0.1, 0.15) is 5.75 Å². The van der Waals surface area contributed by atoms with E-state index in [1.807, 2.05) is 36.4 Å². The van der Waals surface area contributed by atoms with Crippen LogP contribution in [0.3, 0.4) is 0 Å². The molecule has 2 heterocycles. The van der Waals surface area contributed by atoms with Gasteiger partial charge in [0.2, 0.25) is 5.82 Å². The Hall–Kier alpha value is -4.00. The highest BCUT2D eigenvalue weighted by Crippen LogP contribution is 2.25. The lowest BCUT2D eigenvalue weighted by molar-refractivity contribution is 0.102. The molecule has 2 aromatic heterocycles. The van der Waals surface area contributed by atoms with E-state index in [9.17, 15) is 4.79 Å². The Kier molecular flexibility index (Phi) is 4.79. The Morgan fingerprint density at radius 1 is 0.929 bits per heavy atom. The highest BCUT2D eigenvalue weighted by atomic mass is 16.5. The number of benzene rings is 2. The Morgan fingerprint density at radius 2 is 1.61 bits per heavy atom. The molecule has 7 heteroatoms. The minimum atomic E-state index is -0.198. The average molecular weight is 372 g/mol. The number of nitrogens with one attached hydrogen (secondary N) is 1. The van der Waals surface area contributed by atoms with Crippen LogP contribution in [0.4, 0.5) is 5.69 Å². The van der Waals surface area contributed by atoms with E-state index in [4.69, 9.17) is 9.26 Å². The highest BCUT2D eigenvalue weighted by molar-refractivity contribution is 6.04. The van der Waals surface area contributed by atoms with Crippen LogP contribution in [0.2, 0.25) is 0 Å². The quantitative estimate of drug-likeness (QED) is 0.568. The minimum absolute atomic E-state index is 0.198. The van der Waals surface area contributed by atoms with Crippen LogP contribution < -0.4 is 10.1 Å². The van der Waals surface area contributed by atoms with Crippen molar-refractivity contribution in [2.45, 2.75) is 0 Å². The van der Waals surface area contributed by atoms with Crippen molar-refractivity contribution in [3.05, 3.63) is 78.6 Å². The van der Waals surface area contributed by atoms with Gasteiger partial charge in [-0.2, -0.15) is 4.98 Å². The van der Waals surface area contributed by atoms with Crippen molar-refractivity contribution in [3.8, 4) is 28.6 Å². The molecule has 4 rings (SSSR count). The van der Waals surface area contributed by atoms with Crippen LogP contribution >= 0.6 is 0 Å². The summed E-state index contributed by atoms with van der Waals surface area (Å²) in [5, 5.41) is 6.87. The minimum Gasteiger partial charge on any atom is -0.497 e. The fraction of sp³-hybridized carbons (Fsp3) is 0.0476. The second kappa shape index (κ2) is 7.71. The molecule has 0 aliphatic carbocycles. The van der Waals surface area contributed by atoms with Crippen LogP contribution in [0.1, 0.15) is 10.4 Å². The van der Waals surface area contributed by atoms with Gasteiger partial charge in [-0.3, -0.25) is 9.78 Å². The van der Waals surface area contributed by atoms with E-state index >= 15 is 0 Å². The molecule has 0 bridgehead atoms. The van der Waals surface area contributed by atoms with E-state index in [1.165, 1.54) is 0 Å². The topological polar surface area (TPSA) is 90.1 Å². The number of amides is 1. The number of carbonyl (C=O) groups excluding carboxylic acids is 1. The third kappa shape index (κ3) is 3.73. The maximum absolute atomic E-state index is 12.2. The van der Waals surface area contributed by atoms with Gasteiger partial charge in [0, 0.05) is 34.8 Å². The molecular weight excluding hydrogens is 356 g/mol. The number of nitrogens with zero attached hydrogens (tertiary/aromatic N) is 3. The van der Waals surface area contributed by atoms with Crippen LogP contribution in [0.15, 0.2) is 77.6 Å². The molecular formula is C21H16N4O3. The third-order valence-electron chi connectivity index (χ3n) is 4.11. The normalized spacial score (nSPS) is 10.5. The van der Waals surface area contributed by atoms with Gasteiger partial charge in [-0.15, -0.1) is 0 Å². The number of anilines is 1. The number of carbonyl (C=O) groups is 1. The molecule has 0 fully saturated rings. The predicted octanol–water partition coefficient (Wildman–Crippen LogP) is 4.06. The molecule has 0 unspecified atom stereocenters. The van der Waals surface area contributed by atoms with Crippen LogP contribution in [-0.2, 0) is 0 Å². The average Bonchev–Trinajstić information content (AvgIpc) is 3.25. The number of hydrogen-bond acceptors (Lipinski definition) is 6. The Balaban J connectivity index is 1.48. The van der Waals surface area contributed by atoms with Crippen LogP contribution in [0, 0.1) is 0 Å². The molecule has 0 aliphatic rings. The number of rotatable bonds is 5. The maximum atomic E-state index is 12.2. The third-order valence-corrected chi connectivity index (χ3v) is 4.11. The molecule has 4 aromatic rings. The molecule has 0 radical (unpaired) electrons. The lowest BCUT2D eigenvalue weighted by Crippen LogP contribution is -2.11.